The predicted molar refractivity (Wildman–Crippen MR) is 136 cm³/mol. The third-order valence-electron chi connectivity index (χ3n) is 8.32. The average molecular weight is 477 g/mol. The minimum Gasteiger partial charge on any atom is -0.326 e. The van der Waals surface area contributed by atoms with E-state index < -0.39 is 16.6 Å². The molecule has 0 spiro atoms. The van der Waals surface area contributed by atoms with Crippen molar-refractivity contribution >= 4 is 28.8 Å². The van der Waals surface area contributed by atoms with E-state index in [9.17, 15) is 14.0 Å². The Morgan fingerprint density at radius 2 is 1.46 bits per heavy atom. The fourth-order valence-corrected chi connectivity index (χ4v) is 5.84. The molecule has 2 aromatic rings. The summed E-state index contributed by atoms with van der Waals surface area (Å²) in [5, 5.41) is 9.36. The number of hydrogen-bond donors (Lipinski definition) is 4. The average Bonchev–Trinajstić information content (AvgIpc) is 2.91. The molecule has 7 heteroatoms. The molecule has 2 aromatic carbocycles. The monoisotopic (exact) mass is 476 g/mol. The van der Waals surface area contributed by atoms with Gasteiger partial charge in [-0.2, -0.15) is 0 Å². The number of carbonyl (C=O) groups excluding carboxylic acids is 2. The van der Waals surface area contributed by atoms with Crippen LogP contribution in [0.3, 0.4) is 0 Å². The van der Waals surface area contributed by atoms with Gasteiger partial charge in [0.25, 0.3) is 0 Å². The summed E-state index contributed by atoms with van der Waals surface area (Å²) in [6, 6.07) is 12.7. The van der Waals surface area contributed by atoms with Crippen molar-refractivity contribution in [2.75, 3.05) is 23.7 Å². The molecule has 2 bridgehead atoms. The molecule has 0 saturated heterocycles. The lowest BCUT2D eigenvalue weighted by Gasteiger charge is -2.51. The summed E-state index contributed by atoms with van der Waals surface area (Å²) in [4.78, 5) is 26.5. The summed E-state index contributed by atoms with van der Waals surface area (Å²) in [7, 11) is 0. The molecule has 184 valence electrons. The third-order valence-corrected chi connectivity index (χ3v) is 8.32. The van der Waals surface area contributed by atoms with E-state index in [1.165, 1.54) is 17.2 Å². The minimum absolute atomic E-state index is 0.0551. The zero-order valence-corrected chi connectivity index (χ0v) is 20.0. The van der Waals surface area contributed by atoms with Crippen LogP contribution in [0.2, 0.25) is 0 Å². The van der Waals surface area contributed by atoms with Gasteiger partial charge in [0.1, 0.15) is 5.82 Å². The van der Waals surface area contributed by atoms with Crippen LogP contribution in [-0.4, -0.2) is 24.9 Å². The molecule has 6 rings (SSSR count). The second-order valence-corrected chi connectivity index (χ2v) is 10.2. The van der Waals surface area contributed by atoms with Crippen LogP contribution in [0, 0.1) is 16.6 Å². The first-order chi connectivity index (χ1) is 16.9. The number of amides is 2. The highest BCUT2D eigenvalue weighted by Gasteiger charge is 2.55. The number of carbonyl (C=O) groups is 2. The molecule has 0 radical (unpaired) electrons. The second kappa shape index (κ2) is 9.55. The quantitative estimate of drug-likeness (QED) is 0.491. The number of halogens is 1. The van der Waals surface area contributed by atoms with Crippen molar-refractivity contribution in [2.45, 2.75) is 51.5 Å². The lowest BCUT2D eigenvalue weighted by Crippen LogP contribution is -2.52. The van der Waals surface area contributed by atoms with E-state index in [-0.39, 0.29) is 18.4 Å². The van der Waals surface area contributed by atoms with Gasteiger partial charge in [-0.3, -0.25) is 9.59 Å². The Hall–Kier alpha value is -3.03. The van der Waals surface area contributed by atoms with Gasteiger partial charge in [0, 0.05) is 40.9 Å². The first-order valence-corrected chi connectivity index (χ1v) is 12.5. The summed E-state index contributed by atoms with van der Waals surface area (Å²) >= 11 is 0. The van der Waals surface area contributed by atoms with Crippen molar-refractivity contribution in [1.29, 1.82) is 0 Å². The van der Waals surface area contributed by atoms with Gasteiger partial charge in [-0.25, -0.2) is 4.39 Å². The maximum atomic E-state index is 14.1. The molecule has 0 unspecified atom stereocenters. The molecule has 1 heterocycles. The number of rotatable bonds is 6. The van der Waals surface area contributed by atoms with Crippen LogP contribution in [0.5, 0.6) is 0 Å². The number of fused-ring (bicyclic) bond motifs is 3. The fraction of sp³-hybridized carbons (Fsp3) is 0.429. The number of hydrogen-bond acceptors (Lipinski definition) is 4. The van der Waals surface area contributed by atoms with Crippen molar-refractivity contribution in [3.05, 3.63) is 65.5 Å². The van der Waals surface area contributed by atoms with Gasteiger partial charge in [-0.15, -0.1) is 0 Å². The molecule has 0 atom stereocenters. The molecule has 0 aromatic heterocycles. The molecule has 4 aliphatic rings. The van der Waals surface area contributed by atoms with Gasteiger partial charge in [-0.05, 0) is 86.9 Å². The molecule has 5 N–H and O–H groups in total. The van der Waals surface area contributed by atoms with Gasteiger partial charge in [-0.1, -0.05) is 24.3 Å². The van der Waals surface area contributed by atoms with Crippen LogP contribution in [0.4, 0.5) is 15.8 Å². The number of benzene rings is 2. The first-order valence-electron chi connectivity index (χ1n) is 12.5. The zero-order valence-electron chi connectivity index (χ0n) is 20.0. The topological polar surface area (TPSA) is 96.2 Å². The Labute approximate surface area is 205 Å². The number of nitrogens with two attached hydrogens (primary N) is 1. The second-order valence-electron chi connectivity index (χ2n) is 10.2. The molecular weight excluding hydrogens is 443 g/mol. The zero-order chi connectivity index (χ0) is 24.5. The summed E-state index contributed by atoms with van der Waals surface area (Å²) in [6.45, 7) is 2.01. The van der Waals surface area contributed by atoms with Gasteiger partial charge in [0.15, 0.2) is 0 Å². The van der Waals surface area contributed by atoms with E-state index in [0.717, 1.165) is 25.2 Å². The van der Waals surface area contributed by atoms with Crippen LogP contribution in [0.25, 0.3) is 5.57 Å². The van der Waals surface area contributed by atoms with Crippen LogP contribution in [0.15, 0.2) is 48.5 Å². The van der Waals surface area contributed by atoms with Crippen molar-refractivity contribution in [2.24, 2.45) is 16.6 Å². The van der Waals surface area contributed by atoms with E-state index in [4.69, 9.17) is 5.73 Å². The van der Waals surface area contributed by atoms with E-state index in [0.29, 0.717) is 49.8 Å². The maximum Gasteiger partial charge on any atom is 0.230 e. The Balaban J connectivity index is 1.20. The molecule has 6 nitrogen and oxygen atoms in total. The van der Waals surface area contributed by atoms with Gasteiger partial charge in [0.2, 0.25) is 11.8 Å². The standard InChI is InChI=1S/C28H33FN4O2/c29-24-17-23(6-3-21(24)18-30)33-26(35)28-12-9-27(10-13-28,11-14-28)25(34)32-22-4-1-19(2-5-22)20-7-15-31-16-8-20/h1-7,17,31H,8-16,18,30H2,(H,32,34)(H,33,35). The Morgan fingerprint density at radius 1 is 0.886 bits per heavy atom. The summed E-state index contributed by atoms with van der Waals surface area (Å²) < 4.78 is 14.1. The highest BCUT2D eigenvalue weighted by atomic mass is 19.1. The van der Waals surface area contributed by atoms with Crippen LogP contribution < -0.4 is 21.7 Å². The Morgan fingerprint density at radius 3 is 1.97 bits per heavy atom. The van der Waals surface area contributed by atoms with Gasteiger partial charge < -0.3 is 21.7 Å². The predicted octanol–water partition coefficient (Wildman–Crippen LogP) is 4.58. The maximum absolute atomic E-state index is 14.1. The highest BCUT2D eigenvalue weighted by molar-refractivity contribution is 5.98. The van der Waals surface area contributed by atoms with Gasteiger partial charge in [0.05, 0.1) is 0 Å². The fourth-order valence-electron chi connectivity index (χ4n) is 5.84. The molecule has 1 aliphatic heterocycles. The SMILES string of the molecule is NCc1ccc(NC(=O)C23CCC(C(=O)Nc4ccc(C5=CCNCC5)cc4)(CC2)CC3)cc1F. The van der Waals surface area contributed by atoms with E-state index in [1.54, 1.807) is 12.1 Å². The lowest BCUT2D eigenvalue weighted by molar-refractivity contribution is -0.144. The van der Waals surface area contributed by atoms with Gasteiger partial charge >= 0.3 is 0 Å². The van der Waals surface area contributed by atoms with Crippen LogP contribution in [0.1, 0.15) is 56.1 Å². The summed E-state index contributed by atoms with van der Waals surface area (Å²) in [5.41, 5.74) is 8.83. The lowest BCUT2D eigenvalue weighted by atomic mass is 9.53. The minimum atomic E-state index is -0.491. The smallest absolute Gasteiger partial charge is 0.230 e. The summed E-state index contributed by atoms with van der Waals surface area (Å²) in [6.07, 6.45) is 7.27. The molecular formula is C28H33FN4O2. The van der Waals surface area contributed by atoms with Crippen molar-refractivity contribution < 1.29 is 14.0 Å². The third kappa shape index (κ3) is 4.62. The highest BCUT2D eigenvalue weighted by Crippen LogP contribution is 2.57. The van der Waals surface area contributed by atoms with Crippen molar-refractivity contribution in [3.63, 3.8) is 0 Å². The summed E-state index contributed by atoms with van der Waals surface area (Å²) in [5.74, 6) is -0.431. The van der Waals surface area contributed by atoms with E-state index in [2.05, 4.69) is 34.2 Å². The largest absolute Gasteiger partial charge is 0.326 e. The van der Waals surface area contributed by atoms with E-state index in [1.807, 2.05) is 12.1 Å². The normalized spacial score (nSPS) is 25.6. The molecule has 3 aliphatic carbocycles. The molecule has 3 fully saturated rings. The van der Waals surface area contributed by atoms with Crippen molar-refractivity contribution in [3.8, 4) is 0 Å². The van der Waals surface area contributed by atoms with Crippen LogP contribution in [-0.2, 0) is 16.1 Å². The molecule has 35 heavy (non-hydrogen) atoms. The number of anilines is 2. The molecule has 2 amide bonds. The Kier molecular flexibility index (Phi) is 6.47. The van der Waals surface area contributed by atoms with Crippen LogP contribution >= 0.6 is 0 Å². The van der Waals surface area contributed by atoms with Crippen molar-refractivity contribution in [1.82, 2.24) is 5.32 Å². The Bertz CT molecular complexity index is 1130. The van der Waals surface area contributed by atoms with E-state index >= 15 is 0 Å². The first kappa shape index (κ1) is 23.7. The molecule has 3 saturated carbocycles. The number of nitrogens with one attached hydrogen (secondary N) is 3.